The summed E-state index contributed by atoms with van der Waals surface area (Å²) >= 11 is 0. The molecule has 0 atom stereocenters. The maximum atomic E-state index is 12.4. The van der Waals surface area contributed by atoms with Crippen molar-refractivity contribution in [2.45, 2.75) is 13.0 Å². The van der Waals surface area contributed by atoms with Gasteiger partial charge in [-0.2, -0.15) is 0 Å². The van der Waals surface area contributed by atoms with Crippen LogP contribution in [0.2, 0.25) is 0 Å². The van der Waals surface area contributed by atoms with Gasteiger partial charge < -0.3 is 10.1 Å². The van der Waals surface area contributed by atoms with Crippen LogP contribution in [0.15, 0.2) is 24.3 Å². The molecule has 0 spiro atoms. The van der Waals surface area contributed by atoms with Gasteiger partial charge in [0.2, 0.25) is 10.0 Å². The number of ether oxygens (including phenoxy) is 1. The molecule has 106 valence electrons. The number of nitrogens with one attached hydrogen (secondary N) is 1. The molecule has 0 aliphatic carbocycles. The van der Waals surface area contributed by atoms with Crippen LogP contribution in [0.3, 0.4) is 0 Å². The highest BCUT2D eigenvalue weighted by Gasteiger charge is 2.25. The molecule has 1 aliphatic heterocycles. The lowest BCUT2D eigenvalue weighted by Gasteiger charge is -2.24. The summed E-state index contributed by atoms with van der Waals surface area (Å²) in [6.45, 7) is 2.32. The molecule has 0 saturated heterocycles. The lowest BCUT2D eigenvalue weighted by Crippen LogP contribution is -2.36. The van der Waals surface area contributed by atoms with Crippen LogP contribution in [-0.2, 0) is 21.3 Å². The van der Waals surface area contributed by atoms with Crippen molar-refractivity contribution in [2.24, 2.45) is 0 Å². The van der Waals surface area contributed by atoms with Crippen molar-refractivity contribution >= 4 is 15.7 Å². The highest BCUT2D eigenvalue weighted by molar-refractivity contribution is 7.92. The summed E-state index contributed by atoms with van der Waals surface area (Å²) in [5.41, 5.74) is 1.82. The third-order valence-electron chi connectivity index (χ3n) is 3.15. The predicted molar refractivity (Wildman–Crippen MR) is 75.8 cm³/mol. The molecule has 0 bridgehead atoms. The smallest absolute Gasteiger partial charge is 0.235 e. The number of sulfonamides is 1. The van der Waals surface area contributed by atoms with Gasteiger partial charge >= 0.3 is 0 Å². The van der Waals surface area contributed by atoms with Crippen LogP contribution < -0.4 is 9.62 Å². The van der Waals surface area contributed by atoms with Gasteiger partial charge in [0.25, 0.3) is 0 Å². The SMILES string of the molecule is COCCCS(=O)(=O)N1CCNCc2ccccc21. The zero-order chi connectivity index (χ0) is 13.7. The van der Waals surface area contributed by atoms with Crippen LogP contribution in [0.1, 0.15) is 12.0 Å². The second-order valence-electron chi connectivity index (χ2n) is 4.54. The van der Waals surface area contributed by atoms with Crippen molar-refractivity contribution in [2.75, 3.05) is 36.9 Å². The van der Waals surface area contributed by atoms with Gasteiger partial charge in [0.05, 0.1) is 11.4 Å². The number of para-hydroxylation sites is 1. The largest absolute Gasteiger partial charge is 0.385 e. The lowest BCUT2D eigenvalue weighted by atomic mass is 10.2. The Kier molecular flexibility index (Phi) is 4.79. The van der Waals surface area contributed by atoms with Crippen LogP contribution in [0, 0.1) is 0 Å². The molecule has 6 heteroatoms. The molecule has 19 heavy (non-hydrogen) atoms. The monoisotopic (exact) mass is 284 g/mol. The molecule has 2 rings (SSSR count). The predicted octanol–water partition coefficient (Wildman–Crippen LogP) is 0.963. The van der Waals surface area contributed by atoms with Gasteiger partial charge in [0.15, 0.2) is 0 Å². The molecular weight excluding hydrogens is 264 g/mol. The quantitative estimate of drug-likeness (QED) is 0.818. The molecule has 1 aromatic rings. The van der Waals surface area contributed by atoms with E-state index in [1.165, 1.54) is 4.31 Å². The molecule has 0 fully saturated rings. The number of benzene rings is 1. The van der Waals surface area contributed by atoms with Crippen LogP contribution >= 0.6 is 0 Å². The highest BCUT2D eigenvalue weighted by Crippen LogP contribution is 2.25. The van der Waals surface area contributed by atoms with E-state index >= 15 is 0 Å². The van der Waals surface area contributed by atoms with E-state index in [-0.39, 0.29) is 5.75 Å². The zero-order valence-electron chi connectivity index (χ0n) is 11.1. The lowest BCUT2D eigenvalue weighted by molar-refractivity contribution is 0.199. The normalized spacial score (nSPS) is 15.9. The van der Waals surface area contributed by atoms with Gasteiger partial charge in [0, 0.05) is 33.4 Å². The molecule has 0 saturated carbocycles. The van der Waals surface area contributed by atoms with Crippen molar-refractivity contribution in [3.63, 3.8) is 0 Å². The van der Waals surface area contributed by atoms with Crippen molar-refractivity contribution in [3.8, 4) is 0 Å². The highest BCUT2D eigenvalue weighted by atomic mass is 32.2. The number of rotatable bonds is 5. The summed E-state index contributed by atoms with van der Waals surface area (Å²) in [6.07, 6.45) is 0.519. The van der Waals surface area contributed by atoms with Crippen molar-refractivity contribution in [1.82, 2.24) is 5.32 Å². The van der Waals surface area contributed by atoms with Gasteiger partial charge in [0.1, 0.15) is 0 Å². The molecule has 5 nitrogen and oxygen atoms in total. The van der Waals surface area contributed by atoms with Gasteiger partial charge in [-0.05, 0) is 18.1 Å². The van der Waals surface area contributed by atoms with Crippen LogP contribution in [-0.4, -0.2) is 41.0 Å². The third-order valence-corrected chi connectivity index (χ3v) is 5.01. The van der Waals surface area contributed by atoms with Gasteiger partial charge in [-0.3, -0.25) is 4.31 Å². The molecule has 1 heterocycles. The molecule has 0 unspecified atom stereocenters. The van der Waals surface area contributed by atoms with E-state index in [1.807, 2.05) is 24.3 Å². The topological polar surface area (TPSA) is 58.6 Å². The Morgan fingerprint density at radius 3 is 2.95 bits per heavy atom. The molecule has 0 radical (unpaired) electrons. The van der Waals surface area contributed by atoms with Gasteiger partial charge in [-0.15, -0.1) is 0 Å². The van der Waals surface area contributed by atoms with E-state index in [4.69, 9.17) is 4.74 Å². The van der Waals surface area contributed by atoms with Crippen LogP contribution in [0.25, 0.3) is 0 Å². The van der Waals surface area contributed by atoms with Crippen molar-refractivity contribution < 1.29 is 13.2 Å². The molecular formula is C13H20N2O3S. The Bertz CT molecular complexity index is 516. The zero-order valence-corrected chi connectivity index (χ0v) is 11.9. The van der Waals surface area contributed by atoms with E-state index in [2.05, 4.69) is 5.32 Å². The van der Waals surface area contributed by atoms with Crippen LogP contribution in [0.4, 0.5) is 5.69 Å². The number of fused-ring (bicyclic) bond motifs is 1. The summed E-state index contributed by atoms with van der Waals surface area (Å²) in [5, 5.41) is 3.24. The number of anilines is 1. The van der Waals surface area contributed by atoms with Crippen molar-refractivity contribution in [3.05, 3.63) is 29.8 Å². The second-order valence-corrected chi connectivity index (χ2v) is 6.55. The molecule has 0 amide bonds. The van der Waals surface area contributed by atoms with Crippen LogP contribution in [0.5, 0.6) is 0 Å². The Labute approximate surface area is 114 Å². The van der Waals surface area contributed by atoms with E-state index in [0.29, 0.717) is 32.7 Å². The first-order valence-electron chi connectivity index (χ1n) is 6.43. The number of nitrogens with zero attached hydrogens (tertiary/aromatic N) is 1. The maximum Gasteiger partial charge on any atom is 0.235 e. The summed E-state index contributed by atoms with van der Waals surface area (Å²) in [6, 6.07) is 7.64. The first-order chi connectivity index (χ1) is 9.15. The summed E-state index contributed by atoms with van der Waals surface area (Å²) in [5.74, 6) is 0.120. The third kappa shape index (κ3) is 3.46. The minimum atomic E-state index is -3.28. The summed E-state index contributed by atoms with van der Waals surface area (Å²) in [4.78, 5) is 0. The van der Waals surface area contributed by atoms with E-state index in [1.54, 1.807) is 7.11 Å². The van der Waals surface area contributed by atoms with E-state index < -0.39 is 10.0 Å². The maximum absolute atomic E-state index is 12.4. The average Bonchev–Trinajstić information content (AvgIpc) is 2.61. The number of hydrogen-bond acceptors (Lipinski definition) is 4. The summed E-state index contributed by atoms with van der Waals surface area (Å²) in [7, 11) is -1.70. The molecule has 1 aliphatic rings. The Balaban J connectivity index is 2.23. The van der Waals surface area contributed by atoms with Crippen molar-refractivity contribution in [1.29, 1.82) is 0 Å². The summed E-state index contributed by atoms with van der Waals surface area (Å²) < 4.78 is 31.3. The first kappa shape index (κ1) is 14.3. The van der Waals surface area contributed by atoms with Gasteiger partial charge in [-0.1, -0.05) is 18.2 Å². The Morgan fingerprint density at radius 2 is 2.16 bits per heavy atom. The fourth-order valence-corrected chi connectivity index (χ4v) is 3.76. The number of hydrogen-bond donors (Lipinski definition) is 1. The van der Waals surface area contributed by atoms with E-state index in [9.17, 15) is 8.42 Å². The Morgan fingerprint density at radius 1 is 1.37 bits per heavy atom. The minimum Gasteiger partial charge on any atom is -0.385 e. The Hall–Kier alpha value is -1.11. The average molecular weight is 284 g/mol. The molecule has 1 N–H and O–H groups in total. The van der Waals surface area contributed by atoms with E-state index in [0.717, 1.165) is 11.3 Å². The van der Waals surface area contributed by atoms with Gasteiger partial charge in [-0.25, -0.2) is 8.42 Å². The second kappa shape index (κ2) is 6.36. The fourth-order valence-electron chi connectivity index (χ4n) is 2.21. The first-order valence-corrected chi connectivity index (χ1v) is 8.04. The number of methoxy groups -OCH3 is 1. The standard InChI is InChI=1S/C13H20N2O3S/c1-18-9-4-10-19(16,17)15-8-7-14-11-12-5-2-3-6-13(12)15/h2-3,5-6,14H,4,7-11H2,1H3. The fraction of sp³-hybridized carbons (Fsp3) is 0.538. The molecule has 1 aromatic carbocycles. The molecule has 0 aromatic heterocycles. The minimum absolute atomic E-state index is 0.120.